The minimum Gasteiger partial charge on any atom is -0.381 e. The van der Waals surface area contributed by atoms with Gasteiger partial charge in [-0.15, -0.1) is 0 Å². The van der Waals surface area contributed by atoms with Gasteiger partial charge in [0.25, 0.3) is 0 Å². The summed E-state index contributed by atoms with van der Waals surface area (Å²) < 4.78 is 24.0. The molecule has 1 N–H and O–H groups in total. The van der Waals surface area contributed by atoms with Gasteiger partial charge < -0.3 is 19.5 Å². The number of likely N-dealkylation sites (tertiary alicyclic amines) is 1. The molecule has 2 aliphatic rings. The molecule has 2 aromatic rings. The third-order valence-corrected chi connectivity index (χ3v) is 5.36. The third-order valence-electron chi connectivity index (χ3n) is 5.36. The predicted octanol–water partition coefficient (Wildman–Crippen LogP) is 2.95. The van der Waals surface area contributed by atoms with Crippen LogP contribution in [0.5, 0.6) is 0 Å². The van der Waals surface area contributed by atoms with Gasteiger partial charge in [0.05, 0.1) is 5.92 Å². The van der Waals surface area contributed by atoms with Crippen molar-refractivity contribution < 1.29 is 18.4 Å². The predicted molar refractivity (Wildman–Crippen MR) is 91.3 cm³/mol. The zero-order valence-electron chi connectivity index (χ0n) is 14.6. The van der Waals surface area contributed by atoms with E-state index < -0.39 is 0 Å². The lowest BCUT2D eigenvalue weighted by atomic mass is 9.72. The average molecular weight is 360 g/mol. The highest BCUT2D eigenvalue weighted by Crippen LogP contribution is 2.49. The first-order valence-electron chi connectivity index (χ1n) is 8.75. The van der Waals surface area contributed by atoms with E-state index in [2.05, 4.69) is 15.5 Å². The van der Waals surface area contributed by atoms with E-state index in [0.717, 1.165) is 12.8 Å². The third kappa shape index (κ3) is 3.16. The summed E-state index contributed by atoms with van der Waals surface area (Å²) in [6.45, 7) is 4.23. The lowest BCUT2D eigenvalue weighted by Crippen LogP contribution is -2.38. The van der Waals surface area contributed by atoms with Crippen LogP contribution < -0.4 is 5.32 Å². The van der Waals surface area contributed by atoms with E-state index in [1.54, 1.807) is 24.0 Å². The number of benzene rings is 1. The molecule has 138 valence electrons. The Morgan fingerprint density at radius 3 is 2.69 bits per heavy atom. The second kappa shape index (κ2) is 6.68. The zero-order valence-corrected chi connectivity index (χ0v) is 14.6. The van der Waals surface area contributed by atoms with E-state index in [1.807, 2.05) is 0 Å². The minimum absolute atomic E-state index is 0.00781. The van der Waals surface area contributed by atoms with Gasteiger partial charge in [-0.05, 0) is 44.0 Å². The summed E-state index contributed by atoms with van der Waals surface area (Å²) in [6.07, 6.45) is 1.69. The van der Waals surface area contributed by atoms with Gasteiger partial charge >= 0.3 is 6.03 Å². The largest absolute Gasteiger partial charge is 0.381 e. The minimum atomic E-state index is -0.336. The Hall–Kier alpha value is -2.48. The highest BCUT2D eigenvalue weighted by molar-refractivity contribution is 5.89. The molecule has 8 heteroatoms. The van der Waals surface area contributed by atoms with Gasteiger partial charge in [-0.2, -0.15) is 4.98 Å². The molecule has 7 nitrogen and oxygen atoms in total. The number of hydrogen-bond acceptors (Lipinski definition) is 5. The fraction of sp³-hybridized carbons (Fsp3) is 0.500. The van der Waals surface area contributed by atoms with Crippen molar-refractivity contribution in [1.29, 1.82) is 0 Å². The van der Waals surface area contributed by atoms with Crippen LogP contribution in [-0.2, 0) is 4.74 Å². The summed E-state index contributed by atoms with van der Waals surface area (Å²) in [4.78, 5) is 18.9. The Morgan fingerprint density at radius 2 is 2.04 bits per heavy atom. The second-order valence-corrected chi connectivity index (χ2v) is 7.02. The maximum absolute atomic E-state index is 13.0. The number of ether oxygens (including phenoxy) is 1. The number of anilines is 1. The van der Waals surface area contributed by atoms with Crippen molar-refractivity contribution in [1.82, 2.24) is 15.0 Å². The Labute approximate surface area is 150 Å². The summed E-state index contributed by atoms with van der Waals surface area (Å²) in [5, 5.41) is 6.75. The highest BCUT2D eigenvalue weighted by atomic mass is 19.1. The SMILES string of the molecule is Cc1noc([C@H]2CN(C(=O)Nc3ccc(F)cc3)CC23CCOCC3)n1. The van der Waals surface area contributed by atoms with Crippen molar-refractivity contribution in [2.75, 3.05) is 31.6 Å². The number of rotatable bonds is 2. The van der Waals surface area contributed by atoms with Gasteiger partial charge in [-0.25, -0.2) is 9.18 Å². The number of amides is 2. The van der Waals surface area contributed by atoms with E-state index in [4.69, 9.17) is 9.26 Å². The van der Waals surface area contributed by atoms with Crippen molar-refractivity contribution >= 4 is 11.7 Å². The normalized spacial score (nSPS) is 21.9. The van der Waals surface area contributed by atoms with Crippen LogP contribution in [0.2, 0.25) is 0 Å². The molecule has 3 heterocycles. The first-order chi connectivity index (χ1) is 12.6. The summed E-state index contributed by atoms with van der Waals surface area (Å²) >= 11 is 0. The van der Waals surface area contributed by atoms with Crippen molar-refractivity contribution in [3.05, 3.63) is 41.8 Å². The average Bonchev–Trinajstić information content (AvgIpc) is 3.22. The molecule has 0 saturated carbocycles. The molecule has 1 aromatic heterocycles. The highest BCUT2D eigenvalue weighted by Gasteiger charge is 2.51. The maximum atomic E-state index is 13.0. The Morgan fingerprint density at radius 1 is 1.31 bits per heavy atom. The van der Waals surface area contributed by atoms with Gasteiger partial charge in [-0.3, -0.25) is 0 Å². The fourth-order valence-electron chi connectivity index (χ4n) is 3.94. The standard InChI is InChI=1S/C18H21FN4O3/c1-12-20-16(26-22-12)15-10-23(11-18(15)6-8-25-9-7-18)17(24)21-14-4-2-13(19)3-5-14/h2-5,15H,6-11H2,1H3,(H,21,24)/t15-/m1/s1. The molecule has 0 aliphatic carbocycles. The topological polar surface area (TPSA) is 80.5 Å². The number of urea groups is 1. The quantitative estimate of drug-likeness (QED) is 0.891. The number of nitrogens with zero attached hydrogens (tertiary/aromatic N) is 3. The molecule has 0 bridgehead atoms. The van der Waals surface area contributed by atoms with Gasteiger partial charge in [0.2, 0.25) is 5.89 Å². The molecular formula is C18H21FN4O3. The van der Waals surface area contributed by atoms with Gasteiger partial charge in [-0.1, -0.05) is 5.16 Å². The summed E-state index contributed by atoms with van der Waals surface area (Å²) in [6, 6.07) is 5.53. The number of carbonyl (C=O) groups is 1. The molecule has 2 amide bonds. The molecule has 1 aromatic carbocycles. The number of aromatic nitrogens is 2. The molecule has 0 radical (unpaired) electrons. The van der Waals surface area contributed by atoms with Crippen LogP contribution in [0.4, 0.5) is 14.9 Å². The van der Waals surface area contributed by atoms with Crippen LogP contribution in [0.1, 0.15) is 30.5 Å². The van der Waals surface area contributed by atoms with Gasteiger partial charge in [0.1, 0.15) is 5.82 Å². The number of halogens is 1. The lowest BCUT2D eigenvalue weighted by molar-refractivity contribution is 0.00959. The van der Waals surface area contributed by atoms with Crippen LogP contribution in [0.3, 0.4) is 0 Å². The van der Waals surface area contributed by atoms with E-state index >= 15 is 0 Å². The summed E-state index contributed by atoms with van der Waals surface area (Å²) in [5.74, 6) is 0.835. The van der Waals surface area contributed by atoms with Crippen LogP contribution in [0.15, 0.2) is 28.8 Å². The second-order valence-electron chi connectivity index (χ2n) is 7.02. The molecule has 1 atom stereocenters. The Kier molecular flexibility index (Phi) is 4.36. The van der Waals surface area contributed by atoms with Crippen molar-refractivity contribution in [2.24, 2.45) is 5.41 Å². The van der Waals surface area contributed by atoms with Crippen molar-refractivity contribution in [3.63, 3.8) is 0 Å². The maximum Gasteiger partial charge on any atom is 0.321 e. The van der Waals surface area contributed by atoms with E-state index in [0.29, 0.717) is 43.7 Å². The number of aryl methyl sites for hydroxylation is 1. The molecule has 2 aliphatic heterocycles. The smallest absolute Gasteiger partial charge is 0.321 e. The van der Waals surface area contributed by atoms with E-state index in [9.17, 15) is 9.18 Å². The molecule has 2 saturated heterocycles. The number of nitrogens with one attached hydrogen (secondary N) is 1. The Balaban J connectivity index is 1.54. The first kappa shape index (κ1) is 17.0. The lowest BCUT2D eigenvalue weighted by Gasteiger charge is -2.36. The van der Waals surface area contributed by atoms with Crippen molar-refractivity contribution in [3.8, 4) is 0 Å². The first-order valence-corrected chi connectivity index (χ1v) is 8.75. The molecule has 26 heavy (non-hydrogen) atoms. The van der Waals surface area contributed by atoms with Gasteiger partial charge in [0.15, 0.2) is 5.82 Å². The monoisotopic (exact) mass is 360 g/mol. The summed E-state index contributed by atoms with van der Waals surface area (Å²) in [5.41, 5.74) is 0.451. The Bertz CT molecular complexity index is 786. The molecule has 4 rings (SSSR count). The molecule has 1 spiro atoms. The van der Waals surface area contributed by atoms with Crippen LogP contribution in [0.25, 0.3) is 0 Å². The van der Waals surface area contributed by atoms with Crippen LogP contribution in [0, 0.1) is 18.2 Å². The van der Waals surface area contributed by atoms with E-state index in [-0.39, 0.29) is 23.2 Å². The molecule has 2 fully saturated rings. The summed E-state index contributed by atoms with van der Waals surface area (Å²) in [7, 11) is 0. The zero-order chi connectivity index (χ0) is 18.1. The molecular weight excluding hydrogens is 339 g/mol. The molecule has 0 unspecified atom stereocenters. The van der Waals surface area contributed by atoms with Crippen LogP contribution in [-0.4, -0.2) is 47.4 Å². The van der Waals surface area contributed by atoms with Crippen LogP contribution >= 0.6 is 0 Å². The van der Waals surface area contributed by atoms with E-state index in [1.165, 1.54) is 12.1 Å². The number of hydrogen-bond donors (Lipinski definition) is 1. The fourth-order valence-corrected chi connectivity index (χ4v) is 3.94. The van der Waals surface area contributed by atoms with Crippen molar-refractivity contribution in [2.45, 2.75) is 25.7 Å². The number of carbonyl (C=O) groups excluding carboxylic acids is 1. The van der Waals surface area contributed by atoms with Gasteiger partial charge in [0, 0.05) is 37.4 Å².